The summed E-state index contributed by atoms with van der Waals surface area (Å²) < 4.78 is 13.3. The third-order valence-electron chi connectivity index (χ3n) is 2.31. The molecular weight excluding hydrogens is 203 g/mol. The Labute approximate surface area is 94.2 Å². The summed E-state index contributed by atoms with van der Waals surface area (Å²) >= 11 is 0. The predicted octanol–water partition coefficient (Wildman–Crippen LogP) is 3.14. The van der Waals surface area contributed by atoms with Crippen LogP contribution in [0.15, 0.2) is 42.6 Å². The van der Waals surface area contributed by atoms with Crippen LogP contribution in [0.3, 0.4) is 0 Å². The van der Waals surface area contributed by atoms with E-state index in [9.17, 15) is 4.39 Å². The molecule has 0 radical (unpaired) electrons. The lowest BCUT2D eigenvalue weighted by Gasteiger charge is -2.06. The molecule has 0 bridgehead atoms. The molecule has 0 aliphatic carbocycles. The number of aromatic nitrogens is 1. The molecule has 16 heavy (non-hydrogen) atoms. The molecule has 1 heterocycles. The number of rotatable bonds is 3. The lowest BCUT2D eigenvalue weighted by atomic mass is 10.2. The van der Waals surface area contributed by atoms with Crippen molar-refractivity contribution in [3.05, 3.63) is 59.7 Å². The van der Waals surface area contributed by atoms with Crippen LogP contribution in [0.2, 0.25) is 0 Å². The van der Waals surface area contributed by atoms with Gasteiger partial charge in [-0.05, 0) is 30.7 Å². The van der Waals surface area contributed by atoms with Gasteiger partial charge in [0.2, 0.25) is 0 Å². The quantitative estimate of drug-likeness (QED) is 0.852. The van der Waals surface area contributed by atoms with Crippen molar-refractivity contribution >= 4 is 5.69 Å². The highest BCUT2D eigenvalue weighted by atomic mass is 19.1. The number of benzene rings is 1. The van der Waals surface area contributed by atoms with Crippen LogP contribution in [0.25, 0.3) is 0 Å². The van der Waals surface area contributed by atoms with Crippen LogP contribution in [0, 0.1) is 12.7 Å². The van der Waals surface area contributed by atoms with Crippen molar-refractivity contribution < 1.29 is 4.39 Å². The largest absolute Gasteiger partial charge is 0.377 e. The van der Waals surface area contributed by atoms with Gasteiger partial charge in [0.15, 0.2) is 0 Å². The zero-order chi connectivity index (χ0) is 11.4. The summed E-state index contributed by atoms with van der Waals surface area (Å²) in [6.07, 6.45) is 1.80. The fourth-order valence-corrected chi connectivity index (χ4v) is 1.39. The van der Waals surface area contributed by atoms with Crippen LogP contribution in [-0.2, 0) is 6.54 Å². The second-order valence-corrected chi connectivity index (χ2v) is 3.66. The highest BCUT2D eigenvalue weighted by Gasteiger charge is 1.99. The van der Waals surface area contributed by atoms with Crippen LogP contribution in [0.4, 0.5) is 10.1 Å². The minimum absolute atomic E-state index is 0.241. The Kier molecular flexibility index (Phi) is 3.15. The fourth-order valence-electron chi connectivity index (χ4n) is 1.39. The number of hydrogen-bond acceptors (Lipinski definition) is 2. The van der Waals surface area contributed by atoms with Crippen molar-refractivity contribution in [1.82, 2.24) is 4.98 Å². The number of nitrogens with one attached hydrogen (secondary N) is 1. The Hall–Kier alpha value is -1.90. The summed E-state index contributed by atoms with van der Waals surface area (Å²) in [5.74, 6) is -0.241. The van der Waals surface area contributed by atoms with E-state index in [2.05, 4.69) is 10.3 Å². The van der Waals surface area contributed by atoms with Crippen molar-refractivity contribution in [2.75, 3.05) is 5.32 Å². The van der Waals surface area contributed by atoms with Crippen LogP contribution >= 0.6 is 0 Å². The Balaban J connectivity index is 2.02. The van der Waals surface area contributed by atoms with Crippen LogP contribution in [-0.4, -0.2) is 4.98 Å². The van der Waals surface area contributed by atoms with Gasteiger partial charge in [-0.25, -0.2) is 4.39 Å². The second kappa shape index (κ2) is 4.75. The maximum atomic E-state index is 13.3. The molecule has 0 amide bonds. The first-order valence-electron chi connectivity index (χ1n) is 5.15. The van der Waals surface area contributed by atoms with E-state index in [0.29, 0.717) is 12.2 Å². The van der Waals surface area contributed by atoms with E-state index < -0.39 is 0 Å². The molecule has 2 rings (SSSR count). The molecule has 1 N–H and O–H groups in total. The van der Waals surface area contributed by atoms with Gasteiger partial charge in [0.25, 0.3) is 0 Å². The summed E-state index contributed by atoms with van der Waals surface area (Å²) in [4.78, 5) is 4.24. The smallest absolute Gasteiger partial charge is 0.146 e. The summed E-state index contributed by atoms with van der Waals surface area (Å²) in [5.41, 5.74) is 2.52. The van der Waals surface area contributed by atoms with Gasteiger partial charge in [0.1, 0.15) is 5.82 Å². The van der Waals surface area contributed by atoms with Crippen LogP contribution < -0.4 is 5.32 Å². The van der Waals surface area contributed by atoms with Gasteiger partial charge in [-0.1, -0.05) is 18.2 Å². The zero-order valence-electron chi connectivity index (χ0n) is 9.07. The Bertz CT molecular complexity index is 466. The average molecular weight is 216 g/mol. The van der Waals surface area contributed by atoms with Crippen molar-refractivity contribution in [3.63, 3.8) is 0 Å². The maximum Gasteiger partial charge on any atom is 0.146 e. The van der Waals surface area contributed by atoms with E-state index >= 15 is 0 Å². The predicted molar refractivity (Wildman–Crippen MR) is 62.7 cm³/mol. The molecule has 0 atom stereocenters. The summed E-state index contributed by atoms with van der Waals surface area (Å²) in [7, 11) is 0. The van der Waals surface area contributed by atoms with Crippen molar-refractivity contribution in [2.45, 2.75) is 13.5 Å². The van der Waals surface area contributed by atoms with Gasteiger partial charge >= 0.3 is 0 Å². The van der Waals surface area contributed by atoms with Gasteiger partial charge in [-0.15, -0.1) is 0 Å². The molecular formula is C13H13FN2. The normalized spacial score (nSPS) is 10.1. The first kappa shape index (κ1) is 10.6. The minimum Gasteiger partial charge on any atom is -0.377 e. The molecule has 3 heteroatoms. The van der Waals surface area contributed by atoms with Gasteiger partial charge in [0.05, 0.1) is 17.9 Å². The summed E-state index contributed by atoms with van der Waals surface area (Å²) in [5, 5.41) is 3.01. The Morgan fingerprint density at radius 1 is 1.19 bits per heavy atom. The summed E-state index contributed by atoms with van der Waals surface area (Å²) in [6, 6.07) is 10.5. The van der Waals surface area contributed by atoms with Gasteiger partial charge in [-0.3, -0.25) is 4.98 Å². The molecule has 0 fully saturated rings. The maximum absolute atomic E-state index is 13.3. The highest BCUT2D eigenvalue weighted by molar-refractivity contribution is 5.44. The first-order valence-corrected chi connectivity index (χ1v) is 5.15. The van der Waals surface area contributed by atoms with Crippen molar-refractivity contribution in [3.8, 4) is 0 Å². The van der Waals surface area contributed by atoms with E-state index in [1.165, 1.54) is 6.07 Å². The number of nitrogens with zero attached hydrogens (tertiary/aromatic N) is 1. The highest BCUT2D eigenvalue weighted by Crippen LogP contribution is 2.13. The topological polar surface area (TPSA) is 24.9 Å². The third-order valence-corrected chi connectivity index (χ3v) is 2.31. The number of para-hydroxylation sites is 1. The van der Waals surface area contributed by atoms with Gasteiger partial charge in [0, 0.05) is 6.20 Å². The van der Waals surface area contributed by atoms with Crippen molar-refractivity contribution in [2.24, 2.45) is 0 Å². The van der Waals surface area contributed by atoms with Crippen LogP contribution in [0.1, 0.15) is 11.3 Å². The van der Waals surface area contributed by atoms with E-state index in [4.69, 9.17) is 0 Å². The Morgan fingerprint density at radius 2 is 2.00 bits per heavy atom. The molecule has 0 aliphatic rings. The van der Waals surface area contributed by atoms with E-state index in [1.807, 2.05) is 19.1 Å². The SMILES string of the molecule is Cc1ccc(CNc2ccccc2F)nc1. The molecule has 1 aromatic heterocycles. The lowest BCUT2D eigenvalue weighted by molar-refractivity contribution is 0.630. The number of anilines is 1. The molecule has 2 nitrogen and oxygen atoms in total. The van der Waals surface area contributed by atoms with Gasteiger partial charge < -0.3 is 5.32 Å². The standard InChI is InChI=1S/C13H13FN2/c1-10-6-7-11(15-8-10)9-16-13-5-3-2-4-12(13)14/h2-8,16H,9H2,1H3. The monoisotopic (exact) mass is 216 g/mol. The number of hydrogen-bond donors (Lipinski definition) is 1. The first-order chi connectivity index (χ1) is 7.75. The van der Waals surface area contributed by atoms with Gasteiger partial charge in [-0.2, -0.15) is 0 Å². The average Bonchev–Trinajstić information content (AvgIpc) is 2.30. The molecule has 0 unspecified atom stereocenters. The van der Waals surface area contributed by atoms with E-state index in [1.54, 1.807) is 24.4 Å². The molecule has 82 valence electrons. The van der Waals surface area contributed by atoms with E-state index in [-0.39, 0.29) is 5.82 Å². The Morgan fingerprint density at radius 3 is 2.69 bits per heavy atom. The minimum atomic E-state index is -0.241. The molecule has 0 saturated heterocycles. The van der Waals surface area contributed by atoms with E-state index in [0.717, 1.165) is 11.3 Å². The number of halogens is 1. The van der Waals surface area contributed by atoms with Crippen LogP contribution in [0.5, 0.6) is 0 Å². The molecule has 0 spiro atoms. The number of pyridine rings is 1. The number of aryl methyl sites for hydroxylation is 1. The molecule has 1 aromatic carbocycles. The fraction of sp³-hybridized carbons (Fsp3) is 0.154. The molecule has 2 aromatic rings. The lowest BCUT2D eigenvalue weighted by Crippen LogP contribution is -2.02. The second-order valence-electron chi connectivity index (χ2n) is 3.66. The summed E-state index contributed by atoms with van der Waals surface area (Å²) in [6.45, 7) is 2.52. The van der Waals surface area contributed by atoms with Crippen molar-refractivity contribution in [1.29, 1.82) is 0 Å². The molecule has 0 aliphatic heterocycles. The molecule has 0 saturated carbocycles. The zero-order valence-corrected chi connectivity index (χ0v) is 9.07. The third kappa shape index (κ3) is 2.57.